The molecule has 2 atom stereocenters. The van der Waals surface area contributed by atoms with Crippen molar-refractivity contribution in [1.82, 2.24) is 0 Å². The van der Waals surface area contributed by atoms with Crippen LogP contribution in [-0.2, 0) is 6.42 Å². The number of ketones is 1. The largest absolute Gasteiger partial charge is 0.507 e. The van der Waals surface area contributed by atoms with Crippen LogP contribution in [-0.4, -0.2) is 41.4 Å². The lowest BCUT2D eigenvalue weighted by Gasteiger charge is -2.33. The maximum absolute atomic E-state index is 13.1. The molecule has 3 N–H and O–H groups in total. The molecule has 0 unspecified atom stereocenters. The summed E-state index contributed by atoms with van der Waals surface area (Å²) >= 11 is 0. The molecule has 3 aromatic rings. The average molecular weight is 448 g/mol. The highest BCUT2D eigenvalue weighted by atomic mass is 16.5. The molecule has 0 amide bonds. The van der Waals surface area contributed by atoms with Crippen LogP contribution in [0.2, 0.25) is 0 Å². The molecule has 0 aliphatic carbocycles. The predicted octanol–water partition coefficient (Wildman–Crippen LogP) is 4.05. The highest BCUT2D eigenvalue weighted by Crippen LogP contribution is 2.46. The molecule has 170 valence electrons. The van der Waals surface area contributed by atoms with Crippen molar-refractivity contribution < 1.29 is 34.3 Å². The molecule has 1 heterocycles. The Bertz CT molecular complexity index is 1200. The Hall–Kier alpha value is -3.97. The molecule has 7 nitrogen and oxygen atoms in total. The van der Waals surface area contributed by atoms with Gasteiger partial charge < -0.3 is 29.5 Å². The first-order valence-electron chi connectivity index (χ1n) is 10.3. The van der Waals surface area contributed by atoms with E-state index in [0.29, 0.717) is 16.9 Å². The fourth-order valence-corrected chi connectivity index (χ4v) is 3.91. The number of rotatable bonds is 6. The number of methoxy groups -OCH3 is 2. The highest BCUT2D eigenvalue weighted by Gasteiger charge is 2.36. The minimum absolute atomic E-state index is 0.0133. The van der Waals surface area contributed by atoms with Gasteiger partial charge in [0.1, 0.15) is 28.9 Å². The fraction of sp³-hybridized carbons (Fsp3) is 0.192. The van der Waals surface area contributed by atoms with E-state index in [2.05, 4.69) is 0 Å². The molecular formula is C26H24O7. The second-order valence-electron chi connectivity index (χ2n) is 7.63. The fourth-order valence-electron chi connectivity index (χ4n) is 3.91. The Morgan fingerprint density at radius 2 is 1.73 bits per heavy atom. The van der Waals surface area contributed by atoms with Crippen LogP contribution in [0.15, 0.2) is 60.7 Å². The van der Waals surface area contributed by atoms with Gasteiger partial charge in [0.05, 0.1) is 20.3 Å². The normalized spacial score (nSPS) is 17.3. The van der Waals surface area contributed by atoms with Gasteiger partial charge in [0.2, 0.25) is 0 Å². The molecule has 33 heavy (non-hydrogen) atoms. The van der Waals surface area contributed by atoms with Crippen LogP contribution < -0.4 is 14.2 Å². The van der Waals surface area contributed by atoms with Crippen LogP contribution in [0.3, 0.4) is 0 Å². The van der Waals surface area contributed by atoms with Crippen molar-refractivity contribution in [1.29, 1.82) is 0 Å². The quantitative estimate of drug-likeness (QED) is 0.386. The first kappa shape index (κ1) is 22.2. The number of aliphatic hydroxyl groups excluding tert-OH is 1. The molecule has 0 bridgehead atoms. The van der Waals surface area contributed by atoms with Gasteiger partial charge in [-0.2, -0.15) is 0 Å². The SMILES string of the molecule is COc1cc([C@@H]2Oc3c(c(OC)cc(O)c3C(=O)/C=C/c3ccccc3)C[C@H]2O)ccc1O. The minimum Gasteiger partial charge on any atom is -0.507 e. The van der Waals surface area contributed by atoms with Gasteiger partial charge in [-0.15, -0.1) is 0 Å². The first-order chi connectivity index (χ1) is 15.9. The number of fused-ring (bicyclic) bond motifs is 1. The van der Waals surface area contributed by atoms with Crippen LogP contribution in [0, 0.1) is 0 Å². The lowest BCUT2D eigenvalue weighted by molar-refractivity contribution is 0.0190. The average Bonchev–Trinajstić information content (AvgIpc) is 2.83. The third kappa shape index (κ3) is 4.36. The van der Waals surface area contributed by atoms with Gasteiger partial charge in [0, 0.05) is 18.1 Å². The van der Waals surface area contributed by atoms with Crippen molar-refractivity contribution in [2.24, 2.45) is 0 Å². The molecule has 0 radical (unpaired) electrons. The molecule has 1 aliphatic rings. The second kappa shape index (κ2) is 9.26. The summed E-state index contributed by atoms with van der Waals surface area (Å²) in [7, 11) is 2.86. The van der Waals surface area contributed by atoms with E-state index in [0.717, 1.165) is 5.56 Å². The van der Waals surface area contributed by atoms with Gasteiger partial charge in [-0.1, -0.05) is 42.5 Å². The van der Waals surface area contributed by atoms with E-state index < -0.39 is 18.0 Å². The molecule has 7 heteroatoms. The van der Waals surface area contributed by atoms with Crippen molar-refractivity contribution in [2.45, 2.75) is 18.6 Å². The molecule has 0 saturated carbocycles. The molecule has 1 aliphatic heterocycles. The number of benzene rings is 3. The standard InChI is InChI=1S/C26H24O7/c1-31-22-14-20(29)24(19(28)10-8-15-6-4-3-5-7-15)26-17(22)13-21(30)25(33-26)16-9-11-18(27)23(12-16)32-2/h3-12,14,21,25,27,29-30H,13H2,1-2H3/b10-8+/t21-,25+/m1/s1. The van der Waals surface area contributed by atoms with Crippen molar-refractivity contribution in [2.75, 3.05) is 14.2 Å². The molecule has 0 saturated heterocycles. The third-order valence-corrected chi connectivity index (χ3v) is 5.56. The van der Waals surface area contributed by atoms with Gasteiger partial charge in [-0.25, -0.2) is 0 Å². The number of hydrogen-bond acceptors (Lipinski definition) is 7. The van der Waals surface area contributed by atoms with E-state index in [1.165, 1.54) is 32.4 Å². The highest BCUT2D eigenvalue weighted by molar-refractivity contribution is 6.11. The summed E-state index contributed by atoms with van der Waals surface area (Å²) in [6.07, 6.45) is 1.33. The van der Waals surface area contributed by atoms with E-state index in [9.17, 15) is 20.1 Å². The van der Waals surface area contributed by atoms with Gasteiger partial charge in [0.25, 0.3) is 0 Å². The number of allylic oxidation sites excluding steroid dienone is 1. The number of aliphatic hydroxyl groups is 1. The summed E-state index contributed by atoms with van der Waals surface area (Å²) in [5, 5.41) is 31.4. The van der Waals surface area contributed by atoms with Crippen LogP contribution in [0.1, 0.15) is 33.2 Å². The summed E-state index contributed by atoms with van der Waals surface area (Å²) in [5.74, 6) is -0.0953. The van der Waals surface area contributed by atoms with E-state index in [1.807, 2.05) is 30.3 Å². The zero-order valence-corrected chi connectivity index (χ0v) is 18.2. The second-order valence-corrected chi connectivity index (χ2v) is 7.63. The van der Waals surface area contributed by atoms with E-state index in [4.69, 9.17) is 14.2 Å². The summed E-state index contributed by atoms with van der Waals surface area (Å²) in [6.45, 7) is 0. The van der Waals surface area contributed by atoms with Gasteiger partial charge in [-0.3, -0.25) is 4.79 Å². The number of carbonyl (C=O) groups is 1. The molecule has 0 fully saturated rings. The molecule has 0 aromatic heterocycles. The first-order valence-corrected chi connectivity index (χ1v) is 10.3. The van der Waals surface area contributed by atoms with E-state index >= 15 is 0 Å². The van der Waals surface area contributed by atoms with E-state index in [-0.39, 0.29) is 35.0 Å². The third-order valence-electron chi connectivity index (χ3n) is 5.56. The number of carbonyl (C=O) groups excluding carboxylic acids is 1. The van der Waals surface area contributed by atoms with Gasteiger partial charge in [0.15, 0.2) is 17.3 Å². The Labute approximate surface area is 191 Å². The van der Waals surface area contributed by atoms with Gasteiger partial charge in [-0.05, 0) is 29.3 Å². The molecule has 0 spiro atoms. The maximum Gasteiger partial charge on any atom is 0.193 e. The van der Waals surface area contributed by atoms with Crippen LogP contribution in [0.25, 0.3) is 6.08 Å². The summed E-state index contributed by atoms with van der Waals surface area (Å²) in [5.41, 5.74) is 1.85. The van der Waals surface area contributed by atoms with Crippen LogP contribution in [0.4, 0.5) is 0 Å². The zero-order chi connectivity index (χ0) is 23.5. The van der Waals surface area contributed by atoms with Crippen LogP contribution >= 0.6 is 0 Å². The molecular weight excluding hydrogens is 424 g/mol. The predicted molar refractivity (Wildman–Crippen MR) is 122 cm³/mol. The number of phenolic OH excluding ortho intramolecular Hbond substituents is 2. The van der Waals surface area contributed by atoms with Crippen molar-refractivity contribution in [3.63, 3.8) is 0 Å². The topological polar surface area (TPSA) is 105 Å². The molecule has 4 rings (SSSR count). The summed E-state index contributed by atoms with van der Waals surface area (Å²) < 4.78 is 16.6. The lowest BCUT2D eigenvalue weighted by atomic mass is 9.91. The Morgan fingerprint density at radius 1 is 1.00 bits per heavy atom. The van der Waals surface area contributed by atoms with Crippen molar-refractivity contribution in [3.05, 3.63) is 82.9 Å². The Balaban J connectivity index is 1.76. The van der Waals surface area contributed by atoms with Crippen LogP contribution in [0.5, 0.6) is 28.7 Å². The number of aromatic hydroxyl groups is 2. The van der Waals surface area contributed by atoms with Crippen molar-refractivity contribution >= 4 is 11.9 Å². The Morgan fingerprint density at radius 3 is 2.42 bits per heavy atom. The summed E-state index contributed by atoms with van der Waals surface area (Å²) in [4.78, 5) is 13.1. The maximum atomic E-state index is 13.1. The van der Waals surface area contributed by atoms with E-state index in [1.54, 1.807) is 18.2 Å². The lowest BCUT2D eigenvalue weighted by Crippen LogP contribution is -2.31. The summed E-state index contributed by atoms with van der Waals surface area (Å²) in [6, 6.07) is 15.3. The smallest absolute Gasteiger partial charge is 0.193 e. The number of hydrogen-bond donors (Lipinski definition) is 3. The Kier molecular flexibility index (Phi) is 6.24. The number of ether oxygens (including phenoxy) is 3. The molecule has 3 aromatic carbocycles. The van der Waals surface area contributed by atoms with Gasteiger partial charge >= 0.3 is 0 Å². The minimum atomic E-state index is -0.965. The monoisotopic (exact) mass is 448 g/mol. The number of phenols is 2. The zero-order valence-electron chi connectivity index (χ0n) is 18.2. The van der Waals surface area contributed by atoms with Crippen molar-refractivity contribution in [3.8, 4) is 28.7 Å².